The molecule has 0 aromatic heterocycles. The lowest BCUT2D eigenvalue weighted by atomic mass is 9.93. The largest absolute Gasteiger partial charge is 0.386 e. The fraction of sp³-hybridized carbons (Fsp3) is 0.250. The van der Waals surface area contributed by atoms with E-state index >= 15 is 0 Å². The SMILES string of the molecule is CCCCc1cc2c3c(cccc3c1)C(=O)OC2=O. The van der Waals surface area contributed by atoms with E-state index in [2.05, 4.69) is 13.0 Å². The summed E-state index contributed by atoms with van der Waals surface area (Å²) >= 11 is 0. The summed E-state index contributed by atoms with van der Waals surface area (Å²) in [6.45, 7) is 2.14. The number of hydrogen-bond donors (Lipinski definition) is 0. The molecule has 1 aliphatic heterocycles. The minimum atomic E-state index is -0.551. The third-order valence-corrected chi connectivity index (χ3v) is 3.48. The van der Waals surface area contributed by atoms with Gasteiger partial charge in [0.1, 0.15) is 0 Å². The van der Waals surface area contributed by atoms with Crippen LogP contribution in [0.2, 0.25) is 0 Å². The number of ether oxygens (including phenoxy) is 1. The fourth-order valence-electron chi connectivity index (χ4n) is 2.54. The molecule has 0 fully saturated rings. The van der Waals surface area contributed by atoms with Gasteiger partial charge in [0.2, 0.25) is 0 Å². The maximum absolute atomic E-state index is 11.9. The van der Waals surface area contributed by atoms with Crippen LogP contribution in [0.1, 0.15) is 46.0 Å². The average Bonchev–Trinajstić information content (AvgIpc) is 2.42. The first-order valence-corrected chi connectivity index (χ1v) is 6.53. The van der Waals surface area contributed by atoms with Crippen molar-refractivity contribution in [2.75, 3.05) is 0 Å². The van der Waals surface area contributed by atoms with E-state index in [1.807, 2.05) is 18.2 Å². The van der Waals surface area contributed by atoms with E-state index < -0.39 is 11.9 Å². The highest BCUT2D eigenvalue weighted by molar-refractivity contribution is 6.20. The van der Waals surface area contributed by atoms with Crippen molar-refractivity contribution >= 4 is 22.7 Å². The van der Waals surface area contributed by atoms with Gasteiger partial charge in [-0.1, -0.05) is 31.5 Å². The third kappa shape index (κ3) is 1.91. The van der Waals surface area contributed by atoms with E-state index in [0.29, 0.717) is 11.1 Å². The van der Waals surface area contributed by atoms with Gasteiger partial charge in [0.25, 0.3) is 0 Å². The minimum Gasteiger partial charge on any atom is -0.386 e. The van der Waals surface area contributed by atoms with Gasteiger partial charge < -0.3 is 4.74 Å². The van der Waals surface area contributed by atoms with Crippen LogP contribution in [0.15, 0.2) is 30.3 Å². The second-order valence-corrected chi connectivity index (χ2v) is 4.83. The summed E-state index contributed by atoms with van der Waals surface area (Å²) in [4.78, 5) is 23.6. The Kier molecular flexibility index (Phi) is 2.82. The van der Waals surface area contributed by atoms with Crippen LogP contribution in [0.4, 0.5) is 0 Å². The summed E-state index contributed by atoms with van der Waals surface area (Å²) < 4.78 is 4.78. The monoisotopic (exact) mass is 254 g/mol. The van der Waals surface area contributed by atoms with Gasteiger partial charge in [0.15, 0.2) is 0 Å². The molecule has 2 aromatic carbocycles. The van der Waals surface area contributed by atoms with Crippen molar-refractivity contribution in [3.05, 3.63) is 47.0 Å². The molecule has 96 valence electrons. The smallest absolute Gasteiger partial charge is 0.346 e. The summed E-state index contributed by atoms with van der Waals surface area (Å²) in [5, 5.41) is 1.66. The number of rotatable bonds is 3. The zero-order valence-corrected chi connectivity index (χ0v) is 10.7. The first-order chi connectivity index (χ1) is 9.20. The van der Waals surface area contributed by atoms with Crippen LogP contribution in [0.25, 0.3) is 10.8 Å². The normalized spacial score (nSPS) is 13.7. The molecule has 0 atom stereocenters. The van der Waals surface area contributed by atoms with Gasteiger partial charge in [-0.15, -0.1) is 0 Å². The molecule has 0 N–H and O–H groups in total. The summed E-state index contributed by atoms with van der Waals surface area (Å²) in [5.41, 5.74) is 2.11. The maximum Gasteiger partial charge on any atom is 0.346 e. The van der Waals surface area contributed by atoms with Crippen molar-refractivity contribution < 1.29 is 14.3 Å². The molecule has 0 bridgehead atoms. The molecule has 0 saturated heterocycles. The minimum absolute atomic E-state index is 0.481. The Labute approximate surface area is 111 Å². The number of aryl methyl sites for hydroxylation is 1. The highest BCUT2D eigenvalue weighted by Gasteiger charge is 2.27. The number of benzene rings is 2. The van der Waals surface area contributed by atoms with Crippen molar-refractivity contribution in [3.63, 3.8) is 0 Å². The quantitative estimate of drug-likeness (QED) is 0.622. The van der Waals surface area contributed by atoms with Crippen LogP contribution in [-0.4, -0.2) is 11.9 Å². The fourth-order valence-corrected chi connectivity index (χ4v) is 2.54. The number of unbranched alkanes of at least 4 members (excludes halogenated alkanes) is 1. The number of carbonyl (C=O) groups is 2. The van der Waals surface area contributed by atoms with E-state index in [0.717, 1.165) is 35.6 Å². The molecule has 1 aliphatic rings. The Morgan fingerprint density at radius 2 is 1.84 bits per heavy atom. The Bertz CT molecular complexity index is 686. The van der Waals surface area contributed by atoms with E-state index in [4.69, 9.17) is 4.74 Å². The molecular formula is C16H14O3. The molecule has 19 heavy (non-hydrogen) atoms. The van der Waals surface area contributed by atoms with Crippen LogP contribution in [0.3, 0.4) is 0 Å². The molecule has 0 spiro atoms. The van der Waals surface area contributed by atoms with E-state index in [1.165, 1.54) is 0 Å². The second-order valence-electron chi connectivity index (χ2n) is 4.83. The molecule has 3 rings (SSSR count). The Morgan fingerprint density at radius 1 is 1.05 bits per heavy atom. The molecule has 0 saturated carbocycles. The highest BCUT2D eigenvalue weighted by atomic mass is 16.6. The average molecular weight is 254 g/mol. The number of esters is 2. The summed E-state index contributed by atoms with van der Waals surface area (Å²) in [7, 11) is 0. The molecule has 0 aliphatic carbocycles. The van der Waals surface area contributed by atoms with Gasteiger partial charge in [-0.05, 0) is 35.9 Å². The van der Waals surface area contributed by atoms with Crippen molar-refractivity contribution in [1.29, 1.82) is 0 Å². The predicted octanol–water partition coefficient (Wildman–Crippen LogP) is 3.49. The highest BCUT2D eigenvalue weighted by Crippen LogP contribution is 2.30. The zero-order chi connectivity index (χ0) is 13.4. The van der Waals surface area contributed by atoms with Gasteiger partial charge >= 0.3 is 11.9 Å². The molecule has 3 nitrogen and oxygen atoms in total. The predicted molar refractivity (Wildman–Crippen MR) is 72.3 cm³/mol. The van der Waals surface area contributed by atoms with Crippen molar-refractivity contribution in [2.24, 2.45) is 0 Å². The van der Waals surface area contributed by atoms with Crippen molar-refractivity contribution in [1.82, 2.24) is 0 Å². The van der Waals surface area contributed by atoms with Gasteiger partial charge in [-0.25, -0.2) is 9.59 Å². The van der Waals surface area contributed by atoms with Crippen LogP contribution in [-0.2, 0) is 11.2 Å². The van der Waals surface area contributed by atoms with Crippen LogP contribution < -0.4 is 0 Å². The van der Waals surface area contributed by atoms with Gasteiger partial charge in [-0.2, -0.15) is 0 Å². The number of carbonyl (C=O) groups excluding carboxylic acids is 2. The molecular weight excluding hydrogens is 240 g/mol. The van der Waals surface area contributed by atoms with Gasteiger partial charge in [0, 0.05) is 5.39 Å². The lowest BCUT2D eigenvalue weighted by Crippen LogP contribution is -2.19. The van der Waals surface area contributed by atoms with Crippen LogP contribution >= 0.6 is 0 Å². The second kappa shape index (κ2) is 4.50. The number of cyclic esters (lactones) is 2. The van der Waals surface area contributed by atoms with Crippen LogP contribution in [0.5, 0.6) is 0 Å². The first kappa shape index (κ1) is 11.9. The van der Waals surface area contributed by atoms with Crippen molar-refractivity contribution in [3.8, 4) is 0 Å². The molecule has 1 heterocycles. The Hall–Kier alpha value is -2.16. The zero-order valence-electron chi connectivity index (χ0n) is 10.7. The molecule has 3 heteroatoms. The topological polar surface area (TPSA) is 43.4 Å². The Balaban J connectivity index is 2.25. The first-order valence-electron chi connectivity index (χ1n) is 6.53. The number of hydrogen-bond acceptors (Lipinski definition) is 3. The molecule has 0 radical (unpaired) electrons. The summed E-state index contributed by atoms with van der Waals surface area (Å²) in [5.74, 6) is -1.09. The summed E-state index contributed by atoms with van der Waals surface area (Å²) in [6, 6.07) is 9.37. The van der Waals surface area contributed by atoms with Crippen LogP contribution in [0, 0.1) is 0 Å². The summed E-state index contributed by atoms with van der Waals surface area (Å²) in [6.07, 6.45) is 3.12. The third-order valence-electron chi connectivity index (χ3n) is 3.48. The van der Waals surface area contributed by atoms with Gasteiger partial charge in [-0.3, -0.25) is 0 Å². The Morgan fingerprint density at radius 3 is 2.63 bits per heavy atom. The maximum atomic E-state index is 11.9. The van der Waals surface area contributed by atoms with E-state index in [1.54, 1.807) is 6.07 Å². The van der Waals surface area contributed by atoms with Crippen molar-refractivity contribution in [2.45, 2.75) is 26.2 Å². The van der Waals surface area contributed by atoms with E-state index in [9.17, 15) is 9.59 Å². The molecule has 0 amide bonds. The molecule has 2 aromatic rings. The standard InChI is InChI=1S/C16H14O3/c1-2-3-5-10-8-11-6-4-7-12-14(11)13(9-10)16(18)19-15(12)17/h4,6-9H,2-3,5H2,1H3. The lowest BCUT2D eigenvalue weighted by molar-refractivity contribution is 0.0391. The van der Waals surface area contributed by atoms with E-state index in [-0.39, 0.29) is 0 Å². The molecule has 0 unspecified atom stereocenters. The van der Waals surface area contributed by atoms with Gasteiger partial charge in [0.05, 0.1) is 11.1 Å². The lowest BCUT2D eigenvalue weighted by Gasteiger charge is -2.16.